The van der Waals surface area contributed by atoms with Crippen molar-refractivity contribution < 1.29 is 9.18 Å². The highest BCUT2D eigenvalue weighted by atomic mass is 19.1. The molecule has 0 atom stereocenters. The van der Waals surface area contributed by atoms with Crippen molar-refractivity contribution in [1.29, 1.82) is 0 Å². The van der Waals surface area contributed by atoms with Gasteiger partial charge in [-0.3, -0.25) is 4.79 Å². The minimum Gasteiger partial charge on any atom is -0.338 e. The van der Waals surface area contributed by atoms with Crippen molar-refractivity contribution in [3.63, 3.8) is 0 Å². The van der Waals surface area contributed by atoms with Crippen LogP contribution < -0.4 is 5.32 Å². The summed E-state index contributed by atoms with van der Waals surface area (Å²) in [5, 5.41) is 3.25. The number of hydrogen-bond acceptors (Lipinski definition) is 2. The fraction of sp³-hybridized carbons (Fsp3) is 0.400. The van der Waals surface area contributed by atoms with Crippen LogP contribution in [0.2, 0.25) is 0 Å². The second-order valence-electron chi connectivity index (χ2n) is 4.74. The summed E-state index contributed by atoms with van der Waals surface area (Å²) in [5.74, 6) is -0.328. The fourth-order valence-corrected chi connectivity index (χ4v) is 2.20. The van der Waals surface area contributed by atoms with Crippen molar-refractivity contribution >= 4 is 11.5 Å². The predicted octanol–water partition coefficient (Wildman–Crippen LogP) is 2.05. The lowest BCUT2D eigenvalue weighted by atomic mass is 10.1. The molecule has 0 radical (unpaired) electrons. The van der Waals surface area contributed by atoms with Crippen LogP contribution in [0, 0.1) is 5.82 Å². The third-order valence-corrected chi connectivity index (χ3v) is 3.29. The van der Waals surface area contributed by atoms with Gasteiger partial charge in [-0.25, -0.2) is 4.39 Å². The molecule has 3 nitrogen and oxygen atoms in total. The number of allylic oxidation sites excluding steroid dienone is 1. The zero-order chi connectivity index (χ0) is 13.7. The molecule has 102 valence electrons. The lowest BCUT2D eigenvalue weighted by molar-refractivity contribution is -0.125. The van der Waals surface area contributed by atoms with Gasteiger partial charge in [-0.15, -0.1) is 0 Å². The molecule has 0 bridgehead atoms. The number of halogens is 1. The molecule has 1 amide bonds. The maximum Gasteiger partial charge on any atom is 0.246 e. The Bertz CT molecular complexity index is 477. The molecule has 1 aromatic carbocycles. The molecule has 1 N–H and O–H groups in total. The van der Waals surface area contributed by atoms with Crippen LogP contribution in [0.25, 0.3) is 5.57 Å². The van der Waals surface area contributed by atoms with E-state index in [1.807, 2.05) is 4.90 Å². The molecular formula is C15H19FN2O. The number of carbonyl (C=O) groups excluding carboxylic acids is 1. The summed E-state index contributed by atoms with van der Waals surface area (Å²) in [7, 11) is 0. The maximum atomic E-state index is 13.6. The van der Waals surface area contributed by atoms with E-state index < -0.39 is 0 Å². The molecule has 0 unspecified atom stereocenters. The molecule has 1 aliphatic rings. The summed E-state index contributed by atoms with van der Waals surface area (Å²) in [6, 6.07) is 6.52. The fourth-order valence-electron chi connectivity index (χ4n) is 2.20. The quantitative estimate of drug-likeness (QED) is 0.827. The Balaban J connectivity index is 2.11. The molecule has 19 heavy (non-hydrogen) atoms. The lowest BCUT2D eigenvalue weighted by Gasteiger charge is -2.18. The summed E-state index contributed by atoms with van der Waals surface area (Å²) < 4.78 is 13.6. The Labute approximate surface area is 113 Å². The zero-order valence-electron chi connectivity index (χ0n) is 11.2. The van der Waals surface area contributed by atoms with E-state index in [1.165, 1.54) is 12.1 Å². The maximum absolute atomic E-state index is 13.6. The predicted molar refractivity (Wildman–Crippen MR) is 74.1 cm³/mol. The van der Waals surface area contributed by atoms with Crippen LogP contribution >= 0.6 is 0 Å². The van der Waals surface area contributed by atoms with Crippen molar-refractivity contribution in [2.75, 3.05) is 26.2 Å². The number of nitrogens with zero attached hydrogens (tertiary/aromatic N) is 1. The van der Waals surface area contributed by atoms with Gasteiger partial charge >= 0.3 is 0 Å². The zero-order valence-corrected chi connectivity index (χ0v) is 11.2. The van der Waals surface area contributed by atoms with E-state index in [0.29, 0.717) is 17.7 Å². The Kier molecular flexibility index (Phi) is 4.68. The van der Waals surface area contributed by atoms with Crippen LogP contribution in [-0.4, -0.2) is 37.0 Å². The standard InChI is InChI=1S/C15H19FN2O/c1-12(13-5-2-3-6-14(13)16)11-15(19)18-9-4-7-17-8-10-18/h2-3,5-6,11,17H,4,7-10H2,1H3. The summed E-state index contributed by atoms with van der Waals surface area (Å²) >= 11 is 0. The number of nitrogens with one attached hydrogen (secondary N) is 1. The average Bonchev–Trinajstić information content (AvgIpc) is 2.68. The number of amides is 1. The van der Waals surface area contributed by atoms with Gasteiger partial charge in [0.15, 0.2) is 0 Å². The Morgan fingerprint density at radius 1 is 1.32 bits per heavy atom. The molecule has 4 heteroatoms. The first kappa shape index (κ1) is 13.7. The van der Waals surface area contributed by atoms with Gasteiger partial charge < -0.3 is 10.2 Å². The number of benzene rings is 1. The number of rotatable bonds is 2. The van der Waals surface area contributed by atoms with Crippen LogP contribution in [0.1, 0.15) is 18.9 Å². The van der Waals surface area contributed by atoms with Crippen LogP contribution in [0.3, 0.4) is 0 Å². The largest absolute Gasteiger partial charge is 0.338 e. The minimum absolute atomic E-state index is 0.0375. The van der Waals surface area contributed by atoms with E-state index in [4.69, 9.17) is 0 Å². The molecule has 1 aliphatic heterocycles. The third kappa shape index (κ3) is 3.64. The highest BCUT2D eigenvalue weighted by molar-refractivity contribution is 5.94. The topological polar surface area (TPSA) is 32.3 Å². The molecule has 0 aliphatic carbocycles. The van der Waals surface area contributed by atoms with E-state index >= 15 is 0 Å². The second kappa shape index (κ2) is 6.48. The van der Waals surface area contributed by atoms with Crippen molar-refractivity contribution in [3.8, 4) is 0 Å². The molecule has 1 fully saturated rings. The highest BCUT2D eigenvalue weighted by Gasteiger charge is 2.14. The van der Waals surface area contributed by atoms with Crippen LogP contribution in [-0.2, 0) is 4.79 Å². The summed E-state index contributed by atoms with van der Waals surface area (Å²) in [5.41, 5.74) is 1.16. The first-order chi connectivity index (χ1) is 9.18. The van der Waals surface area contributed by atoms with Gasteiger partial charge in [-0.2, -0.15) is 0 Å². The van der Waals surface area contributed by atoms with Crippen molar-refractivity contribution in [1.82, 2.24) is 10.2 Å². The normalized spacial score (nSPS) is 17.2. The van der Waals surface area contributed by atoms with Crippen molar-refractivity contribution in [2.45, 2.75) is 13.3 Å². The Morgan fingerprint density at radius 3 is 2.89 bits per heavy atom. The molecular weight excluding hydrogens is 243 g/mol. The molecule has 1 aromatic rings. The van der Waals surface area contributed by atoms with Gasteiger partial charge in [0.05, 0.1) is 0 Å². The summed E-state index contributed by atoms with van der Waals surface area (Å²) in [4.78, 5) is 14.0. The van der Waals surface area contributed by atoms with Gasteiger partial charge in [0.1, 0.15) is 5.82 Å². The van der Waals surface area contributed by atoms with Gasteiger partial charge in [0.2, 0.25) is 5.91 Å². The third-order valence-electron chi connectivity index (χ3n) is 3.29. The molecule has 0 saturated carbocycles. The molecule has 1 saturated heterocycles. The summed E-state index contributed by atoms with van der Waals surface area (Å²) in [6.07, 6.45) is 2.49. The van der Waals surface area contributed by atoms with Crippen molar-refractivity contribution in [3.05, 3.63) is 41.7 Å². The monoisotopic (exact) mass is 262 g/mol. The number of hydrogen-bond donors (Lipinski definition) is 1. The van der Waals surface area contributed by atoms with Gasteiger partial charge in [0, 0.05) is 31.3 Å². The smallest absolute Gasteiger partial charge is 0.246 e. The highest BCUT2D eigenvalue weighted by Crippen LogP contribution is 2.17. The number of carbonyl (C=O) groups is 1. The molecule has 1 heterocycles. The van der Waals surface area contributed by atoms with Gasteiger partial charge in [-0.05, 0) is 31.5 Å². The summed E-state index contributed by atoms with van der Waals surface area (Å²) in [6.45, 7) is 5.00. The van der Waals surface area contributed by atoms with Gasteiger partial charge in [0.25, 0.3) is 0 Å². The van der Waals surface area contributed by atoms with Crippen LogP contribution in [0.5, 0.6) is 0 Å². The van der Waals surface area contributed by atoms with E-state index in [-0.39, 0.29) is 11.7 Å². The minimum atomic E-state index is -0.290. The van der Waals surface area contributed by atoms with Gasteiger partial charge in [-0.1, -0.05) is 18.2 Å². The van der Waals surface area contributed by atoms with Crippen LogP contribution in [0.15, 0.2) is 30.3 Å². The lowest BCUT2D eigenvalue weighted by Crippen LogP contribution is -2.33. The Morgan fingerprint density at radius 2 is 2.11 bits per heavy atom. The van der Waals surface area contributed by atoms with E-state index in [0.717, 1.165) is 26.1 Å². The first-order valence-corrected chi connectivity index (χ1v) is 6.61. The van der Waals surface area contributed by atoms with E-state index in [9.17, 15) is 9.18 Å². The molecule has 0 spiro atoms. The van der Waals surface area contributed by atoms with E-state index in [1.54, 1.807) is 25.1 Å². The van der Waals surface area contributed by atoms with E-state index in [2.05, 4.69) is 5.32 Å². The van der Waals surface area contributed by atoms with Crippen LogP contribution in [0.4, 0.5) is 4.39 Å². The molecule has 2 rings (SSSR count). The Hall–Kier alpha value is -1.68. The van der Waals surface area contributed by atoms with Crippen molar-refractivity contribution in [2.24, 2.45) is 0 Å². The first-order valence-electron chi connectivity index (χ1n) is 6.61. The molecule has 0 aromatic heterocycles. The average molecular weight is 262 g/mol. The SMILES string of the molecule is CC(=CC(=O)N1CCCNCC1)c1ccccc1F. The second-order valence-corrected chi connectivity index (χ2v) is 4.74.